The number of nitrogens with zero attached hydrogens (tertiary/aromatic N) is 4. The standard InChI is InChI=1S/C24H21Cl2N5O4/c1-13(2)34-12-30-7-6-15-8-17(4-5-18(15)23(30)32)35-22-19(25)9-16(10-20(22)26)31-24(33)28-14(3)21(11-27)29-31/h4-5,8-10,13H,3,6-7,12H2,1-2H3,(H,28,33). The molecule has 11 heteroatoms. The molecule has 2 aliphatic rings. The molecule has 0 atom stereocenters. The van der Waals surface area contributed by atoms with E-state index >= 15 is 0 Å². The number of hydrazone groups is 1. The first-order chi connectivity index (χ1) is 16.7. The Morgan fingerprint density at radius 1 is 1.23 bits per heavy atom. The summed E-state index contributed by atoms with van der Waals surface area (Å²) in [6.07, 6.45) is 0.680. The van der Waals surface area contributed by atoms with E-state index in [4.69, 9.17) is 32.7 Å². The maximum atomic E-state index is 12.8. The number of carbonyl (C=O) groups is 2. The number of ether oxygens (including phenoxy) is 2. The third-order valence-electron chi connectivity index (χ3n) is 5.30. The van der Waals surface area contributed by atoms with Gasteiger partial charge in [-0.1, -0.05) is 29.8 Å². The Bertz CT molecular complexity index is 1280. The lowest BCUT2D eigenvalue weighted by Crippen LogP contribution is -2.42. The van der Waals surface area contributed by atoms with E-state index in [1.54, 1.807) is 23.1 Å². The lowest BCUT2D eigenvalue weighted by molar-refractivity contribution is -0.00279. The van der Waals surface area contributed by atoms with Crippen molar-refractivity contribution in [1.82, 2.24) is 10.2 Å². The molecule has 2 heterocycles. The lowest BCUT2D eigenvalue weighted by atomic mass is 9.99. The van der Waals surface area contributed by atoms with Crippen LogP contribution in [0.5, 0.6) is 11.5 Å². The smallest absolute Gasteiger partial charge is 0.347 e. The van der Waals surface area contributed by atoms with Crippen LogP contribution in [-0.4, -0.2) is 41.9 Å². The molecule has 9 nitrogen and oxygen atoms in total. The highest BCUT2D eigenvalue weighted by Gasteiger charge is 2.27. The van der Waals surface area contributed by atoms with Gasteiger partial charge in [0, 0.05) is 12.1 Å². The SMILES string of the molecule is C=C1NC(=O)N(c2cc(Cl)c(Oc3ccc4c(c3)CCN(COC(C)C)C4=O)c(Cl)c2)N=C1C#N. The van der Waals surface area contributed by atoms with Gasteiger partial charge in [0.25, 0.3) is 5.91 Å². The van der Waals surface area contributed by atoms with Gasteiger partial charge in [0.2, 0.25) is 0 Å². The summed E-state index contributed by atoms with van der Waals surface area (Å²) in [7, 11) is 0. The van der Waals surface area contributed by atoms with Crippen LogP contribution >= 0.6 is 23.2 Å². The third-order valence-corrected chi connectivity index (χ3v) is 5.86. The van der Waals surface area contributed by atoms with Crippen LogP contribution in [0.25, 0.3) is 0 Å². The van der Waals surface area contributed by atoms with Gasteiger partial charge >= 0.3 is 6.03 Å². The minimum Gasteiger partial charge on any atom is -0.454 e. The Balaban J connectivity index is 1.55. The summed E-state index contributed by atoms with van der Waals surface area (Å²) in [5, 5.41) is 16.8. The van der Waals surface area contributed by atoms with Gasteiger partial charge < -0.3 is 19.7 Å². The Hall–Kier alpha value is -3.58. The third kappa shape index (κ3) is 5.10. The molecule has 0 fully saturated rings. The summed E-state index contributed by atoms with van der Waals surface area (Å²) in [6, 6.07) is 9.29. The number of hydrogen-bond donors (Lipinski definition) is 1. The van der Waals surface area contributed by atoms with Crippen molar-refractivity contribution in [1.29, 1.82) is 5.26 Å². The second-order valence-electron chi connectivity index (χ2n) is 8.10. The molecule has 0 spiro atoms. The highest BCUT2D eigenvalue weighted by molar-refractivity contribution is 6.37. The Labute approximate surface area is 212 Å². The lowest BCUT2D eigenvalue weighted by Gasteiger charge is -2.29. The van der Waals surface area contributed by atoms with E-state index in [1.165, 1.54) is 12.1 Å². The second-order valence-corrected chi connectivity index (χ2v) is 8.92. The maximum absolute atomic E-state index is 12.8. The van der Waals surface area contributed by atoms with Crippen LogP contribution in [0.1, 0.15) is 29.8 Å². The first-order valence-corrected chi connectivity index (χ1v) is 11.4. The number of hydrogen-bond acceptors (Lipinski definition) is 6. The van der Waals surface area contributed by atoms with E-state index in [2.05, 4.69) is 17.0 Å². The molecule has 0 bridgehead atoms. The molecule has 2 aromatic rings. The summed E-state index contributed by atoms with van der Waals surface area (Å²) in [5.41, 5.74) is 1.74. The molecular formula is C24H21Cl2N5O4. The molecule has 0 aromatic heterocycles. The van der Waals surface area contributed by atoms with Crippen molar-refractivity contribution < 1.29 is 19.1 Å². The van der Waals surface area contributed by atoms with E-state index in [9.17, 15) is 14.9 Å². The second kappa shape index (κ2) is 9.96. The molecule has 0 radical (unpaired) electrons. The van der Waals surface area contributed by atoms with E-state index in [0.29, 0.717) is 24.3 Å². The Kier molecular flexibility index (Phi) is 6.98. The van der Waals surface area contributed by atoms with Crippen LogP contribution in [0.4, 0.5) is 10.5 Å². The van der Waals surface area contributed by atoms with Crippen molar-refractivity contribution in [2.75, 3.05) is 18.3 Å². The number of rotatable bonds is 6. The van der Waals surface area contributed by atoms with E-state index in [1.807, 2.05) is 19.9 Å². The summed E-state index contributed by atoms with van der Waals surface area (Å²) < 4.78 is 11.5. The maximum Gasteiger partial charge on any atom is 0.347 e. The zero-order chi connectivity index (χ0) is 25.3. The van der Waals surface area contributed by atoms with Crippen molar-refractivity contribution >= 4 is 46.5 Å². The molecule has 35 heavy (non-hydrogen) atoms. The zero-order valence-corrected chi connectivity index (χ0v) is 20.5. The summed E-state index contributed by atoms with van der Waals surface area (Å²) in [6.45, 7) is 8.20. The van der Waals surface area contributed by atoms with Crippen LogP contribution in [0, 0.1) is 11.3 Å². The van der Waals surface area contributed by atoms with Gasteiger partial charge in [-0.15, -0.1) is 0 Å². The summed E-state index contributed by atoms with van der Waals surface area (Å²) in [5.74, 6) is 0.535. The fourth-order valence-corrected chi connectivity index (χ4v) is 4.09. The largest absolute Gasteiger partial charge is 0.454 e. The van der Waals surface area contributed by atoms with E-state index < -0.39 is 6.03 Å². The predicted octanol–water partition coefficient (Wildman–Crippen LogP) is 5.09. The van der Waals surface area contributed by atoms with Crippen molar-refractivity contribution in [3.63, 3.8) is 0 Å². The predicted molar refractivity (Wildman–Crippen MR) is 132 cm³/mol. The van der Waals surface area contributed by atoms with Crippen LogP contribution in [0.3, 0.4) is 0 Å². The average molecular weight is 514 g/mol. The molecule has 0 saturated heterocycles. The van der Waals surface area contributed by atoms with Crippen molar-refractivity contribution in [2.24, 2.45) is 5.10 Å². The highest BCUT2D eigenvalue weighted by Crippen LogP contribution is 2.40. The number of fused-ring (bicyclic) bond motifs is 1. The molecule has 2 aromatic carbocycles. The quantitative estimate of drug-likeness (QED) is 0.578. The number of halogens is 2. The van der Waals surface area contributed by atoms with Gasteiger partial charge in [-0.05, 0) is 56.2 Å². The normalized spacial score (nSPS) is 15.5. The highest BCUT2D eigenvalue weighted by atomic mass is 35.5. The molecule has 0 saturated carbocycles. The van der Waals surface area contributed by atoms with Gasteiger partial charge in [-0.2, -0.15) is 15.4 Å². The fraction of sp³-hybridized carbons (Fsp3) is 0.250. The topological polar surface area (TPSA) is 107 Å². The first-order valence-electron chi connectivity index (χ1n) is 10.7. The van der Waals surface area contributed by atoms with Crippen LogP contribution in [0.15, 0.2) is 47.7 Å². The number of anilines is 1. The Morgan fingerprint density at radius 2 is 1.94 bits per heavy atom. The monoisotopic (exact) mass is 513 g/mol. The molecule has 4 rings (SSSR count). The number of benzene rings is 2. The van der Waals surface area contributed by atoms with Gasteiger partial charge in [0.15, 0.2) is 11.5 Å². The van der Waals surface area contributed by atoms with E-state index in [-0.39, 0.29) is 51.6 Å². The summed E-state index contributed by atoms with van der Waals surface area (Å²) in [4.78, 5) is 26.8. The molecule has 0 unspecified atom stereocenters. The minimum absolute atomic E-state index is 0.0322. The van der Waals surface area contributed by atoms with Crippen LogP contribution < -0.4 is 15.1 Å². The number of nitriles is 1. The van der Waals surface area contributed by atoms with Crippen molar-refractivity contribution in [2.45, 2.75) is 26.4 Å². The van der Waals surface area contributed by atoms with Gasteiger partial charge in [0.05, 0.1) is 27.5 Å². The van der Waals surface area contributed by atoms with Crippen LogP contribution in [-0.2, 0) is 11.2 Å². The molecule has 1 N–H and O–H groups in total. The molecule has 0 aliphatic carbocycles. The number of carbonyl (C=O) groups excluding carboxylic acids is 2. The average Bonchev–Trinajstić information content (AvgIpc) is 2.81. The zero-order valence-electron chi connectivity index (χ0n) is 19.0. The number of nitrogens with one attached hydrogen (secondary N) is 1. The first kappa shape index (κ1) is 24.5. The minimum atomic E-state index is -0.609. The van der Waals surface area contributed by atoms with E-state index in [0.717, 1.165) is 10.6 Å². The Morgan fingerprint density at radius 3 is 2.60 bits per heavy atom. The van der Waals surface area contributed by atoms with Crippen molar-refractivity contribution in [3.05, 3.63) is 63.8 Å². The molecule has 3 amide bonds. The number of urea groups is 1. The van der Waals surface area contributed by atoms with Gasteiger partial charge in [0.1, 0.15) is 18.5 Å². The number of allylic oxidation sites excluding steroid dienone is 1. The van der Waals surface area contributed by atoms with Gasteiger partial charge in [-0.25, -0.2) is 4.79 Å². The fourth-order valence-electron chi connectivity index (χ4n) is 3.53. The molecule has 180 valence electrons. The van der Waals surface area contributed by atoms with Gasteiger partial charge in [-0.3, -0.25) is 4.79 Å². The number of amides is 3. The van der Waals surface area contributed by atoms with Crippen LogP contribution in [0.2, 0.25) is 10.0 Å². The van der Waals surface area contributed by atoms with Crippen molar-refractivity contribution in [3.8, 4) is 17.6 Å². The molecular weight excluding hydrogens is 493 g/mol. The molecule has 2 aliphatic heterocycles. The summed E-state index contributed by atoms with van der Waals surface area (Å²) >= 11 is 12.8.